The van der Waals surface area contributed by atoms with Gasteiger partial charge in [0.15, 0.2) is 0 Å². The van der Waals surface area contributed by atoms with Gasteiger partial charge in [0, 0.05) is 30.7 Å². The van der Waals surface area contributed by atoms with Gasteiger partial charge in [-0.05, 0) is 58.1 Å². The van der Waals surface area contributed by atoms with Crippen molar-refractivity contribution in [2.24, 2.45) is 5.92 Å². The molecule has 1 aromatic carbocycles. The number of benzene rings is 1. The van der Waals surface area contributed by atoms with Crippen molar-refractivity contribution in [1.29, 1.82) is 0 Å². The van der Waals surface area contributed by atoms with E-state index in [0.717, 1.165) is 24.6 Å². The van der Waals surface area contributed by atoms with Crippen LogP contribution in [0.25, 0.3) is 0 Å². The highest BCUT2D eigenvalue weighted by Gasteiger charge is 2.27. The number of aromatic hydroxyl groups is 1. The van der Waals surface area contributed by atoms with Crippen LogP contribution in [0.2, 0.25) is 0 Å². The topological polar surface area (TPSA) is 35.5 Å². The van der Waals surface area contributed by atoms with E-state index >= 15 is 0 Å². The van der Waals surface area contributed by atoms with E-state index in [2.05, 4.69) is 30.1 Å². The van der Waals surface area contributed by atoms with Crippen LogP contribution in [0.4, 0.5) is 0 Å². The fraction of sp³-hybridized carbons (Fsp3) is 0.667. The Bertz CT molecular complexity index is 476. The third-order valence-electron chi connectivity index (χ3n) is 5.10. The van der Waals surface area contributed by atoms with Gasteiger partial charge in [0.1, 0.15) is 5.75 Å². The molecule has 1 heterocycles. The van der Waals surface area contributed by atoms with Crippen LogP contribution in [0.15, 0.2) is 18.2 Å². The van der Waals surface area contributed by atoms with Crippen molar-refractivity contribution >= 4 is 0 Å². The Morgan fingerprint density at radius 1 is 1.24 bits per heavy atom. The van der Waals surface area contributed by atoms with E-state index in [-0.39, 0.29) is 0 Å². The summed E-state index contributed by atoms with van der Waals surface area (Å²) in [4.78, 5) is 2.50. The Morgan fingerprint density at radius 2 is 1.95 bits per heavy atom. The van der Waals surface area contributed by atoms with Gasteiger partial charge in [0.2, 0.25) is 0 Å². The van der Waals surface area contributed by atoms with Gasteiger partial charge in [-0.3, -0.25) is 4.90 Å². The first-order chi connectivity index (χ1) is 10.1. The number of aryl methyl sites for hydroxylation is 1. The molecule has 2 fully saturated rings. The lowest BCUT2D eigenvalue weighted by atomic mass is 9.98. The van der Waals surface area contributed by atoms with Gasteiger partial charge in [-0.15, -0.1) is 0 Å². The van der Waals surface area contributed by atoms with Crippen LogP contribution in [-0.4, -0.2) is 35.7 Å². The lowest BCUT2D eigenvalue weighted by Gasteiger charge is -2.36. The van der Waals surface area contributed by atoms with E-state index in [0.29, 0.717) is 17.8 Å². The summed E-state index contributed by atoms with van der Waals surface area (Å²) in [5, 5.41) is 13.8. The number of nitrogens with zero attached hydrogens (tertiary/aromatic N) is 1. The predicted octanol–water partition coefficient (Wildman–Crippen LogP) is 3.23. The summed E-state index contributed by atoms with van der Waals surface area (Å²) in [7, 11) is 0. The number of rotatable bonds is 5. The van der Waals surface area contributed by atoms with E-state index in [1.807, 2.05) is 12.1 Å². The largest absolute Gasteiger partial charge is 0.508 e. The number of hydrogen-bond acceptors (Lipinski definition) is 3. The molecule has 21 heavy (non-hydrogen) atoms. The number of piperidine rings is 1. The van der Waals surface area contributed by atoms with Gasteiger partial charge in [-0.25, -0.2) is 0 Å². The summed E-state index contributed by atoms with van der Waals surface area (Å²) in [6.07, 6.45) is 5.30. The molecule has 0 amide bonds. The first-order valence-corrected chi connectivity index (χ1v) is 8.40. The summed E-state index contributed by atoms with van der Waals surface area (Å²) in [5.74, 6) is 1.40. The molecular formula is C18H28N2O. The van der Waals surface area contributed by atoms with Crippen molar-refractivity contribution < 1.29 is 5.11 Å². The summed E-state index contributed by atoms with van der Waals surface area (Å²) in [6.45, 7) is 7.77. The highest BCUT2D eigenvalue weighted by molar-refractivity contribution is 5.37. The molecule has 2 N–H and O–H groups in total. The Labute approximate surface area is 128 Å². The quantitative estimate of drug-likeness (QED) is 0.873. The molecule has 3 heteroatoms. The highest BCUT2D eigenvalue weighted by atomic mass is 16.3. The van der Waals surface area contributed by atoms with E-state index in [1.54, 1.807) is 0 Å². The van der Waals surface area contributed by atoms with Crippen molar-refractivity contribution in [2.75, 3.05) is 19.6 Å². The molecule has 1 aliphatic carbocycles. The molecule has 0 bridgehead atoms. The van der Waals surface area contributed by atoms with Crippen molar-refractivity contribution in [3.63, 3.8) is 0 Å². The second-order valence-corrected chi connectivity index (χ2v) is 6.90. The lowest BCUT2D eigenvalue weighted by Crippen LogP contribution is -2.43. The fourth-order valence-electron chi connectivity index (χ4n) is 3.35. The number of phenolic OH excluding ortho intramolecular Hbond substituents is 1. The Morgan fingerprint density at radius 3 is 2.62 bits per heavy atom. The number of phenols is 1. The van der Waals surface area contributed by atoms with Gasteiger partial charge in [0.25, 0.3) is 0 Å². The molecule has 0 radical (unpaired) electrons. The van der Waals surface area contributed by atoms with Crippen molar-refractivity contribution in [1.82, 2.24) is 10.2 Å². The summed E-state index contributed by atoms with van der Waals surface area (Å²) in [6, 6.07) is 6.91. The summed E-state index contributed by atoms with van der Waals surface area (Å²) >= 11 is 0. The number of nitrogens with one attached hydrogen (secondary N) is 1. The molecule has 1 unspecified atom stereocenters. The second kappa shape index (κ2) is 6.37. The van der Waals surface area contributed by atoms with Crippen LogP contribution < -0.4 is 5.32 Å². The van der Waals surface area contributed by atoms with Gasteiger partial charge in [-0.1, -0.05) is 17.7 Å². The molecule has 1 saturated carbocycles. The molecule has 3 rings (SSSR count). The van der Waals surface area contributed by atoms with Gasteiger partial charge < -0.3 is 10.4 Å². The Balaban J connectivity index is 1.54. The molecule has 116 valence electrons. The molecular weight excluding hydrogens is 260 g/mol. The van der Waals surface area contributed by atoms with E-state index in [9.17, 15) is 5.11 Å². The molecule has 3 nitrogen and oxygen atoms in total. The molecule has 0 spiro atoms. The summed E-state index contributed by atoms with van der Waals surface area (Å²) < 4.78 is 0. The molecule has 1 atom stereocenters. The maximum atomic E-state index is 10.1. The zero-order chi connectivity index (χ0) is 14.8. The van der Waals surface area contributed by atoms with E-state index < -0.39 is 0 Å². The van der Waals surface area contributed by atoms with Gasteiger partial charge >= 0.3 is 0 Å². The zero-order valence-electron chi connectivity index (χ0n) is 13.3. The molecule has 0 aromatic heterocycles. The van der Waals surface area contributed by atoms with Crippen LogP contribution in [0.1, 0.15) is 49.8 Å². The predicted molar refractivity (Wildman–Crippen MR) is 86.6 cm³/mol. The monoisotopic (exact) mass is 288 g/mol. The van der Waals surface area contributed by atoms with Crippen molar-refractivity contribution in [3.05, 3.63) is 29.3 Å². The minimum absolute atomic E-state index is 0.300. The lowest BCUT2D eigenvalue weighted by molar-refractivity contribution is 0.150. The van der Waals surface area contributed by atoms with Crippen LogP contribution in [0.3, 0.4) is 0 Å². The van der Waals surface area contributed by atoms with Crippen LogP contribution in [-0.2, 0) is 0 Å². The molecule has 1 aromatic rings. The summed E-state index contributed by atoms with van der Waals surface area (Å²) in [5.41, 5.74) is 2.29. The maximum absolute atomic E-state index is 10.1. The first kappa shape index (κ1) is 14.9. The fourth-order valence-corrected chi connectivity index (χ4v) is 3.35. The molecule has 1 saturated heterocycles. The second-order valence-electron chi connectivity index (χ2n) is 6.90. The van der Waals surface area contributed by atoms with Crippen LogP contribution >= 0.6 is 0 Å². The average molecular weight is 288 g/mol. The third-order valence-corrected chi connectivity index (χ3v) is 5.10. The van der Waals surface area contributed by atoms with Crippen molar-refractivity contribution in [3.8, 4) is 5.75 Å². The van der Waals surface area contributed by atoms with Gasteiger partial charge in [0.05, 0.1) is 0 Å². The Hall–Kier alpha value is -1.06. The smallest absolute Gasteiger partial charge is 0.120 e. The van der Waals surface area contributed by atoms with Crippen LogP contribution in [0.5, 0.6) is 5.75 Å². The average Bonchev–Trinajstić information content (AvgIpc) is 3.32. The van der Waals surface area contributed by atoms with Gasteiger partial charge in [-0.2, -0.15) is 0 Å². The molecule has 2 aliphatic rings. The highest BCUT2D eigenvalue weighted by Crippen LogP contribution is 2.31. The van der Waals surface area contributed by atoms with E-state index in [1.165, 1.54) is 37.8 Å². The normalized spacial score (nSPS) is 22.4. The van der Waals surface area contributed by atoms with Crippen LogP contribution in [0, 0.1) is 12.8 Å². The maximum Gasteiger partial charge on any atom is 0.120 e. The SMILES string of the molecule is Cc1ccc(O)c(C(C)N2CCC(NCC3CC3)CC2)c1. The zero-order valence-corrected chi connectivity index (χ0v) is 13.3. The number of likely N-dealkylation sites (tertiary alicyclic amines) is 1. The van der Waals surface area contributed by atoms with E-state index in [4.69, 9.17) is 0 Å². The molecule has 1 aliphatic heterocycles. The number of hydrogen-bond donors (Lipinski definition) is 2. The Kier molecular flexibility index (Phi) is 4.51. The minimum Gasteiger partial charge on any atom is -0.508 e. The first-order valence-electron chi connectivity index (χ1n) is 8.40. The van der Waals surface area contributed by atoms with Crippen molar-refractivity contribution in [2.45, 2.75) is 51.6 Å². The standard InChI is InChI=1S/C18H28N2O/c1-13-3-6-18(21)17(11-13)14(2)20-9-7-16(8-10-20)19-12-15-4-5-15/h3,6,11,14-16,19,21H,4-5,7-10,12H2,1-2H3. The minimum atomic E-state index is 0.300. The third kappa shape index (κ3) is 3.78.